The molecule has 0 aliphatic carbocycles. The van der Waals surface area contributed by atoms with Crippen LogP contribution in [0.1, 0.15) is 0 Å². The summed E-state index contributed by atoms with van der Waals surface area (Å²) in [6.45, 7) is 0. The summed E-state index contributed by atoms with van der Waals surface area (Å²) in [5, 5.41) is 8.22. The number of hydrogen-bond acceptors (Lipinski definition) is 4. The summed E-state index contributed by atoms with van der Waals surface area (Å²) >= 11 is 3.40. The molecule has 0 radical (unpaired) electrons. The van der Waals surface area contributed by atoms with Crippen LogP contribution >= 0.6 is 15.9 Å². The lowest BCUT2D eigenvalue weighted by Gasteiger charge is -1.96. The zero-order valence-electron chi connectivity index (χ0n) is 10.7. The van der Waals surface area contributed by atoms with Crippen LogP contribution in [0, 0.1) is 0 Å². The molecule has 2 heterocycles. The molecule has 0 unspecified atom stereocenters. The number of imidazole rings is 1. The summed E-state index contributed by atoms with van der Waals surface area (Å²) in [5.74, 6) is 0.992. The van der Waals surface area contributed by atoms with E-state index < -0.39 is 0 Å². The highest BCUT2D eigenvalue weighted by Gasteiger charge is 2.11. The molecule has 0 spiro atoms. The number of fused-ring (bicyclic) bond motifs is 1. The van der Waals surface area contributed by atoms with Crippen molar-refractivity contribution in [3.63, 3.8) is 0 Å². The third-order valence-electron chi connectivity index (χ3n) is 3.18. The molecular weight excluding hydrogens is 332 g/mol. The molecule has 2 aromatic carbocycles. The number of H-pyrrole nitrogens is 1. The van der Waals surface area contributed by atoms with Gasteiger partial charge in [-0.1, -0.05) is 15.9 Å². The molecular formula is C15H9BrN4O. The van der Waals surface area contributed by atoms with E-state index in [9.17, 15) is 0 Å². The Balaban J connectivity index is 1.74. The summed E-state index contributed by atoms with van der Waals surface area (Å²) in [7, 11) is 0. The van der Waals surface area contributed by atoms with E-state index in [-0.39, 0.29) is 0 Å². The predicted molar refractivity (Wildman–Crippen MR) is 82.5 cm³/mol. The first-order chi connectivity index (χ1) is 10.3. The summed E-state index contributed by atoms with van der Waals surface area (Å²) in [6.07, 6.45) is 1.66. The van der Waals surface area contributed by atoms with Gasteiger partial charge in [-0.25, -0.2) is 4.98 Å². The van der Waals surface area contributed by atoms with Gasteiger partial charge in [0, 0.05) is 15.6 Å². The second-order valence-corrected chi connectivity index (χ2v) is 5.47. The Morgan fingerprint density at radius 3 is 2.43 bits per heavy atom. The van der Waals surface area contributed by atoms with Gasteiger partial charge < -0.3 is 9.40 Å². The Labute approximate surface area is 128 Å². The number of benzene rings is 2. The van der Waals surface area contributed by atoms with Gasteiger partial charge in [-0.15, -0.1) is 10.2 Å². The lowest BCUT2D eigenvalue weighted by Crippen LogP contribution is -1.78. The highest BCUT2D eigenvalue weighted by molar-refractivity contribution is 9.10. The largest absolute Gasteiger partial charge is 0.416 e. The van der Waals surface area contributed by atoms with Crippen LogP contribution in [0.3, 0.4) is 0 Å². The first-order valence-electron chi connectivity index (χ1n) is 6.32. The standard InChI is InChI=1S/C15H9BrN4O/c16-11-4-1-9(2-5-11)14-19-20-15(21-14)10-3-6-12-13(7-10)18-8-17-12/h1-8H,(H,17,18). The van der Waals surface area contributed by atoms with Gasteiger partial charge in [0.1, 0.15) is 0 Å². The average Bonchev–Trinajstić information content (AvgIpc) is 3.16. The Hall–Kier alpha value is -2.47. The topological polar surface area (TPSA) is 67.6 Å². The molecule has 1 N–H and O–H groups in total. The molecule has 0 saturated heterocycles. The first kappa shape index (κ1) is 12.3. The van der Waals surface area contributed by atoms with E-state index in [1.165, 1.54) is 0 Å². The number of aromatic nitrogens is 4. The van der Waals surface area contributed by atoms with E-state index in [2.05, 4.69) is 36.1 Å². The lowest BCUT2D eigenvalue weighted by atomic mass is 10.2. The third kappa shape index (κ3) is 2.23. The zero-order chi connectivity index (χ0) is 14.2. The maximum absolute atomic E-state index is 5.75. The second-order valence-electron chi connectivity index (χ2n) is 4.55. The molecule has 0 saturated carbocycles. The van der Waals surface area contributed by atoms with Gasteiger partial charge in [-0.05, 0) is 42.5 Å². The fourth-order valence-corrected chi connectivity index (χ4v) is 2.38. The summed E-state index contributed by atoms with van der Waals surface area (Å²) in [4.78, 5) is 7.26. The van der Waals surface area contributed by atoms with Gasteiger partial charge in [-0.2, -0.15) is 0 Å². The smallest absolute Gasteiger partial charge is 0.248 e. The molecule has 0 aliphatic heterocycles. The number of aromatic amines is 1. The van der Waals surface area contributed by atoms with Gasteiger partial charge in [0.25, 0.3) is 0 Å². The molecule has 0 atom stereocenters. The van der Waals surface area contributed by atoms with Crippen molar-refractivity contribution in [2.75, 3.05) is 0 Å². The fraction of sp³-hybridized carbons (Fsp3) is 0. The molecule has 102 valence electrons. The quantitative estimate of drug-likeness (QED) is 0.597. The van der Waals surface area contributed by atoms with E-state index in [0.717, 1.165) is 26.6 Å². The summed E-state index contributed by atoms with van der Waals surface area (Å²) < 4.78 is 6.76. The van der Waals surface area contributed by atoms with Crippen LogP contribution in [0.15, 0.2) is 57.7 Å². The number of nitrogens with one attached hydrogen (secondary N) is 1. The zero-order valence-corrected chi connectivity index (χ0v) is 12.3. The Bertz CT molecular complexity index is 911. The van der Waals surface area contributed by atoms with Crippen molar-refractivity contribution in [2.24, 2.45) is 0 Å². The monoisotopic (exact) mass is 340 g/mol. The van der Waals surface area contributed by atoms with Gasteiger partial charge in [0.15, 0.2) is 0 Å². The first-order valence-corrected chi connectivity index (χ1v) is 7.12. The minimum Gasteiger partial charge on any atom is -0.416 e. The van der Waals surface area contributed by atoms with E-state index in [1.807, 2.05) is 42.5 Å². The van der Waals surface area contributed by atoms with Gasteiger partial charge in [-0.3, -0.25) is 0 Å². The maximum atomic E-state index is 5.75. The van der Waals surface area contributed by atoms with Crippen LogP contribution < -0.4 is 0 Å². The molecule has 0 amide bonds. The molecule has 0 aliphatic rings. The predicted octanol–water partition coefficient (Wildman–Crippen LogP) is 4.04. The van der Waals surface area contributed by atoms with Gasteiger partial charge in [0.05, 0.1) is 17.4 Å². The van der Waals surface area contributed by atoms with Crippen LogP contribution in [0.4, 0.5) is 0 Å². The van der Waals surface area contributed by atoms with Crippen molar-refractivity contribution in [1.29, 1.82) is 0 Å². The van der Waals surface area contributed by atoms with Crippen molar-refractivity contribution < 1.29 is 4.42 Å². The Morgan fingerprint density at radius 2 is 1.62 bits per heavy atom. The van der Waals surface area contributed by atoms with Crippen molar-refractivity contribution >= 4 is 27.0 Å². The molecule has 6 heteroatoms. The molecule has 4 rings (SSSR count). The van der Waals surface area contributed by atoms with Crippen LogP contribution in [0.2, 0.25) is 0 Å². The average molecular weight is 341 g/mol. The number of halogens is 1. The van der Waals surface area contributed by atoms with Crippen molar-refractivity contribution in [3.05, 3.63) is 53.3 Å². The van der Waals surface area contributed by atoms with Crippen molar-refractivity contribution in [3.8, 4) is 22.9 Å². The SMILES string of the molecule is Brc1ccc(-c2nnc(-c3ccc4nc[nH]c4c3)o2)cc1. The maximum Gasteiger partial charge on any atom is 0.248 e. The van der Waals surface area contributed by atoms with E-state index in [4.69, 9.17) is 4.42 Å². The minimum atomic E-state index is 0.490. The normalized spacial score (nSPS) is 11.1. The van der Waals surface area contributed by atoms with Gasteiger partial charge in [0.2, 0.25) is 11.8 Å². The number of nitrogens with zero attached hydrogens (tertiary/aromatic N) is 3. The van der Waals surface area contributed by atoms with Gasteiger partial charge >= 0.3 is 0 Å². The lowest BCUT2D eigenvalue weighted by molar-refractivity contribution is 0.584. The fourth-order valence-electron chi connectivity index (χ4n) is 2.12. The Morgan fingerprint density at radius 1 is 0.905 bits per heavy atom. The molecule has 21 heavy (non-hydrogen) atoms. The van der Waals surface area contributed by atoms with Crippen LogP contribution in [0.25, 0.3) is 33.9 Å². The van der Waals surface area contributed by atoms with Crippen LogP contribution in [-0.2, 0) is 0 Å². The van der Waals surface area contributed by atoms with Crippen molar-refractivity contribution in [1.82, 2.24) is 20.2 Å². The second kappa shape index (κ2) is 4.82. The Kier molecular flexibility index (Phi) is 2.82. The summed E-state index contributed by atoms with van der Waals surface area (Å²) in [5.41, 5.74) is 3.60. The van der Waals surface area contributed by atoms with Crippen molar-refractivity contribution in [2.45, 2.75) is 0 Å². The number of hydrogen-bond donors (Lipinski definition) is 1. The van der Waals surface area contributed by atoms with Crippen LogP contribution in [-0.4, -0.2) is 20.2 Å². The highest BCUT2D eigenvalue weighted by Crippen LogP contribution is 2.26. The highest BCUT2D eigenvalue weighted by atomic mass is 79.9. The minimum absolute atomic E-state index is 0.490. The summed E-state index contributed by atoms with van der Waals surface area (Å²) in [6, 6.07) is 13.5. The molecule has 0 fully saturated rings. The number of rotatable bonds is 2. The van der Waals surface area contributed by atoms with E-state index in [1.54, 1.807) is 6.33 Å². The molecule has 2 aromatic heterocycles. The third-order valence-corrected chi connectivity index (χ3v) is 3.71. The van der Waals surface area contributed by atoms with E-state index in [0.29, 0.717) is 11.8 Å². The van der Waals surface area contributed by atoms with E-state index >= 15 is 0 Å². The molecule has 5 nitrogen and oxygen atoms in total. The van der Waals surface area contributed by atoms with Crippen LogP contribution in [0.5, 0.6) is 0 Å². The molecule has 4 aromatic rings. The molecule has 0 bridgehead atoms.